The lowest BCUT2D eigenvalue weighted by atomic mass is 9.80. The van der Waals surface area contributed by atoms with Crippen LogP contribution in [0.25, 0.3) is 10.1 Å². The standard InChI is InChI=1S/C8H6BFO2S2/c10-5-3-14-7-2-4(9(11)12)1-6(13)8(5)7/h1-3,11-13H. The summed E-state index contributed by atoms with van der Waals surface area (Å²) in [4.78, 5) is 0.421. The van der Waals surface area contributed by atoms with E-state index in [4.69, 9.17) is 10.0 Å². The van der Waals surface area contributed by atoms with E-state index >= 15 is 0 Å². The topological polar surface area (TPSA) is 40.5 Å². The Hall–Kier alpha value is -0.555. The van der Waals surface area contributed by atoms with Gasteiger partial charge in [-0.25, -0.2) is 4.39 Å². The summed E-state index contributed by atoms with van der Waals surface area (Å²) in [5.41, 5.74) is 0.323. The maximum Gasteiger partial charge on any atom is 0.488 e. The van der Waals surface area contributed by atoms with Crippen molar-refractivity contribution in [3.05, 3.63) is 23.3 Å². The van der Waals surface area contributed by atoms with Crippen LogP contribution in [0.2, 0.25) is 0 Å². The summed E-state index contributed by atoms with van der Waals surface area (Å²) in [7, 11) is -1.55. The summed E-state index contributed by atoms with van der Waals surface area (Å²) in [5, 5.41) is 19.7. The Labute approximate surface area is 89.6 Å². The van der Waals surface area contributed by atoms with Crippen LogP contribution in [0.1, 0.15) is 0 Å². The molecule has 0 bridgehead atoms. The molecule has 1 aromatic heterocycles. The van der Waals surface area contributed by atoms with Crippen LogP contribution in [0.15, 0.2) is 22.4 Å². The van der Waals surface area contributed by atoms with Crippen LogP contribution in [-0.4, -0.2) is 17.2 Å². The van der Waals surface area contributed by atoms with Gasteiger partial charge in [0.1, 0.15) is 5.82 Å². The van der Waals surface area contributed by atoms with Crippen LogP contribution in [0.5, 0.6) is 0 Å². The molecule has 0 atom stereocenters. The number of halogens is 1. The molecule has 1 aromatic carbocycles. The van der Waals surface area contributed by atoms with Crippen molar-refractivity contribution in [3.63, 3.8) is 0 Å². The smallest absolute Gasteiger partial charge is 0.423 e. The average Bonchev–Trinajstić information content (AvgIpc) is 2.48. The third kappa shape index (κ3) is 1.54. The maximum atomic E-state index is 13.2. The van der Waals surface area contributed by atoms with Crippen LogP contribution in [0.3, 0.4) is 0 Å². The molecule has 0 unspecified atom stereocenters. The zero-order valence-electron chi connectivity index (χ0n) is 6.94. The fourth-order valence-corrected chi connectivity index (χ4v) is 2.61. The molecule has 0 aliphatic rings. The number of thiophene rings is 1. The lowest BCUT2D eigenvalue weighted by Gasteiger charge is -2.02. The number of rotatable bonds is 1. The second-order valence-corrected chi connectivity index (χ2v) is 4.26. The number of thiol groups is 1. The molecule has 1 heterocycles. The molecule has 0 amide bonds. The molecule has 2 rings (SSSR count). The van der Waals surface area contributed by atoms with E-state index in [0.717, 1.165) is 0 Å². The van der Waals surface area contributed by atoms with Gasteiger partial charge in [0.05, 0.1) is 0 Å². The second-order valence-electron chi connectivity index (χ2n) is 2.87. The van der Waals surface area contributed by atoms with Gasteiger partial charge in [-0.15, -0.1) is 24.0 Å². The monoisotopic (exact) mass is 228 g/mol. The zero-order valence-corrected chi connectivity index (χ0v) is 8.65. The Balaban J connectivity index is 2.74. The Morgan fingerprint density at radius 3 is 2.71 bits per heavy atom. The van der Waals surface area contributed by atoms with Gasteiger partial charge in [-0.05, 0) is 17.6 Å². The van der Waals surface area contributed by atoms with Crippen molar-refractivity contribution in [3.8, 4) is 0 Å². The molecule has 72 valence electrons. The molecule has 0 saturated carbocycles. The largest absolute Gasteiger partial charge is 0.488 e. The Kier molecular flexibility index (Phi) is 2.53. The van der Waals surface area contributed by atoms with Crippen molar-refractivity contribution in [1.29, 1.82) is 0 Å². The number of hydrogen-bond donors (Lipinski definition) is 3. The quantitative estimate of drug-likeness (QED) is 0.503. The maximum absolute atomic E-state index is 13.2. The Morgan fingerprint density at radius 1 is 1.36 bits per heavy atom. The second kappa shape index (κ2) is 3.54. The number of fused-ring (bicyclic) bond motifs is 1. The minimum atomic E-state index is -1.55. The molecule has 0 aliphatic carbocycles. The molecule has 2 nitrogen and oxygen atoms in total. The molecule has 0 saturated heterocycles. The highest BCUT2D eigenvalue weighted by Gasteiger charge is 2.15. The summed E-state index contributed by atoms with van der Waals surface area (Å²) >= 11 is 5.31. The first-order chi connectivity index (χ1) is 6.59. The molecule has 0 spiro atoms. The van der Waals surface area contributed by atoms with Gasteiger partial charge in [0.2, 0.25) is 0 Å². The van der Waals surface area contributed by atoms with E-state index < -0.39 is 7.12 Å². The van der Waals surface area contributed by atoms with E-state index in [2.05, 4.69) is 12.6 Å². The molecule has 6 heteroatoms. The molecule has 2 N–H and O–H groups in total. The van der Waals surface area contributed by atoms with Gasteiger partial charge < -0.3 is 10.0 Å². The minimum Gasteiger partial charge on any atom is -0.423 e. The van der Waals surface area contributed by atoms with Gasteiger partial charge in [0.25, 0.3) is 0 Å². The van der Waals surface area contributed by atoms with Crippen molar-refractivity contribution in [2.75, 3.05) is 0 Å². The predicted octanol–water partition coefficient (Wildman–Crippen LogP) is 1.01. The average molecular weight is 228 g/mol. The summed E-state index contributed by atoms with van der Waals surface area (Å²) in [5.74, 6) is -0.325. The van der Waals surface area contributed by atoms with Crippen molar-refractivity contribution in [2.24, 2.45) is 0 Å². The van der Waals surface area contributed by atoms with E-state index in [9.17, 15) is 4.39 Å². The third-order valence-electron chi connectivity index (χ3n) is 1.93. The van der Waals surface area contributed by atoms with Crippen molar-refractivity contribution in [2.45, 2.75) is 4.90 Å². The first-order valence-electron chi connectivity index (χ1n) is 3.85. The highest BCUT2D eigenvalue weighted by molar-refractivity contribution is 7.80. The van der Waals surface area contributed by atoms with Crippen LogP contribution >= 0.6 is 24.0 Å². The molecule has 0 fully saturated rings. The molecular formula is C8H6BFO2S2. The normalized spacial score (nSPS) is 10.9. The first kappa shape index (κ1) is 9.98. The fraction of sp³-hybridized carbons (Fsp3) is 0. The Bertz CT molecular complexity index is 483. The molecule has 2 aromatic rings. The highest BCUT2D eigenvalue weighted by atomic mass is 32.1. The zero-order chi connectivity index (χ0) is 10.3. The van der Waals surface area contributed by atoms with Crippen LogP contribution < -0.4 is 5.46 Å². The van der Waals surface area contributed by atoms with Crippen molar-refractivity contribution >= 4 is 46.6 Å². The summed E-state index contributed by atoms with van der Waals surface area (Å²) < 4.78 is 13.8. The van der Waals surface area contributed by atoms with E-state index in [0.29, 0.717) is 20.4 Å². The van der Waals surface area contributed by atoms with Gasteiger partial charge in [0, 0.05) is 20.4 Å². The van der Waals surface area contributed by atoms with Crippen molar-refractivity contribution in [1.82, 2.24) is 0 Å². The van der Waals surface area contributed by atoms with Crippen molar-refractivity contribution < 1.29 is 14.4 Å². The van der Waals surface area contributed by atoms with E-state index in [1.165, 1.54) is 22.8 Å². The van der Waals surface area contributed by atoms with Crippen LogP contribution in [0.4, 0.5) is 4.39 Å². The Morgan fingerprint density at radius 2 is 2.07 bits per heavy atom. The first-order valence-corrected chi connectivity index (χ1v) is 5.18. The molecule has 0 aliphatic heterocycles. The lowest BCUT2D eigenvalue weighted by molar-refractivity contribution is 0.426. The van der Waals surface area contributed by atoms with Gasteiger partial charge in [-0.2, -0.15) is 0 Å². The molecule has 14 heavy (non-hydrogen) atoms. The summed E-state index contributed by atoms with van der Waals surface area (Å²) in [6.45, 7) is 0. The summed E-state index contributed by atoms with van der Waals surface area (Å²) in [6.07, 6.45) is 0. The number of benzene rings is 1. The van der Waals surface area contributed by atoms with E-state index in [1.807, 2.05) is 0 Å². The van der Waals surface area contributed by atoms with Gasteiger partial charge in [0.15, 0.2) is 0 Å². The van der Waals surface area contributed by atoms with Gasteiger partial charge in [-0.3, -0.25) is 0 Å². The SMILES string of the molecule is OB(O)c1cc(S)c2c(F)csc2c1. The van der Waals surface area contributed by atoms with Gasteiger partial charge >= 0.3 is 7.12 Å². The third-order valence-corrected chi connectivity index (χ3v) is 3.18. The summed E-state index contributed by atoms with van der Waals surface area (Å²) in [6, 6.07) is 3.00. The van der Waals surface area contributed by atoms with E-state index in [1.54, 1.807) is 6.07 Å². The number of hydrogen-bond acceptors (Lipinski definition) is 4. The fourth-order valence-electron chi connectivity index (χ4n) is 1.28. The van der Waals surface area contributed by atoms with Gasteiger partial charge in [-0.1, -0.05) is 0 Å². The molecule has 0 radical (unpaired) electrons. The predicted molar refractivity (Wildman–Crippen MR) is 58.9 cm³/mol. The van der Waals surface area contributed by atoms with E-state index in [-0.39, 0.29) is 5.82 Å². The lowest BCUT2D eigenvalue weighted by Crippen LogP contribution is -2.29. The van der Waals surface area contributed by atoms with Crippen LogP contribution in [0, 0.1) is 5.82 Å². The van der Waals surface area contributed by atoms with Crippen LogP contribution in [-0.2, 0) is 0 Å². The highest BCUT2D eigenvalue weighted by Crippen LogP contribution is 2.28. The minimum absolute atomic E-state index is 0.323. The molecular weight excluding hydrogens is 222 g/mol.